The lowest BCUT2D eigenvalue weighted by molar-refractivity contribution is 0.283. The van der Waals surface area contributed by atoms with E-state index in [0.717, 1.165) is 50.3 Å². The van der Waals surface area contributed by atoms with Crippen LogP contribution in [0.3, 0.4) is 0 Å². The van der Waals surface area contributed by atoms with E-state index in [0.29, 0.717) is 6.61 Å². The Labute approximate surface area is 110 Å². The zero-order valence-corrected chi connectivity index (χ0v) is 11.3. The monoisotopic (exact) mass is 251 g/mol. The van der Waals surface area contributed by atoms with Crippen molar-refractivity contribution in [2.75, 3.05) is 25.1 Å². The molecule has 102 valence electrons. The van der Waals surface area contributed by atoms with Gasteiger partial charge in [-0.3, -0.25) is 0 Å². The average molecular weight is 251 g/mol. The number of aliphatic hydroxyl groups excluding tert-OH is 1. The van der Waals surface area contributed by atoms with Gasteiger partial charge in [0.1, 0.15) is 5.75 Å². The van der Waals surface area contributed by atoms with Crippen LogP contribution in [0.2, 0.25) is 0 Å². The van der Waals surface area contributed by atoms with Crippen LogP contribution in [0, 0.1) is 0 Å². The molecule has 0 unspecified atom stereocenters. The molecule has 3 heteroatoms. The fraction of sp³-hybridized carbons (Fsp3) is 0.600. The second-order valence-corrected chi connectivity index (χ2v) is 4.44. The summed E-state index contributed by atoms with van der Waals surface area (Å²) in [6.45, 7) is 4.18. The summed E-state index contributed by atoms with van der Waals surface area (Å²) in [5.41, 5.74) is 1.14. The lowest BCUT2D eigenvalue weighted by Gasteiger charge is -2.08. The predicted octanol–water partition coefficient (Wildman–Crippen LogP) is 3.44. The second kappa shape index (κ2) is 9.77. The highest BCUT2D eigenvalue weighted by Gasteiger charge is 1.95. The van der Waals surface area contributed by atoms with Crippen LogP contribution in [0.25, 0.3) is 0 Å². The fourth-order valence-electron chi connectivity index (χ4n) is 1.71. The van der Waals surface area contributed by atoms with Crippen molar-refractivity contribution in [2.45, 2.75) is 39.0 Å². The molecule has 0 fully saturated rings. The first kappa shape index (κ1) is 14.8. The van der Waals surface area contributed by atoms with Crippen molar-refractivity contribution in [1.82, 2.24) is 0 Å². The summed E-state index contributed by atoms with van der Waals surface area (Å²) >= 11 is 0. The maximum atomic E-state index is 8.66. The van der Waals surface area contributed by atoms with Crippen LogP contribution in [0.15, 0.2) is 24.3 Å². The van der Waals surface area contributed by atoms with Crippen molar-refractivity contribution < 1.29 is 9.84 Å². The Balaban J connectivity index is 2.14. The van der Waals surface area contributed by atoms with Crippen molar-refractivity contribution in [2.24, 2.45) is 0 Å². The quantitative estimate of drug-likeness (QED) is 0.626. The molecule has 0 saturated carbocycles. The molecule has 1 aromatic rings. The Morgan fingerprint density at radius 2 is 1.78 bits per heavy atom. The summed E-state index contributed by atoms with van der Waals surface area (Å²) in [6, 6.07) is 8.12. The smallest absolute Gasteiger partial charge is 0.119 e. The molecule has 1 aromatic carbocycles. The molecule has 0 atom stereocenters. The lowest BCUT2D eigenvalue weighted by Crippen LogP contribution is -2.01. The van der Waals surface area contributed by atoms with Gasteiger partial charge in [-0.25, -0.2) is 0 Å². The number of hydrogen-bond acceptors (Lipinski definition) is 3. The van der Waals surface area contributed by atoms with E-state index in [-0.39, 0.29) is 0 Å². The minimum atomic E-state index is 0.312. The van der Waals surface area contributed by atoms with Crippen molar-refractivity contribution in [3.05, 3.63) is 24.3 Å². The first-order chi connectivity index (χ1) is 8.86. The molecule has 0 heterocycles. The first-order valence-corrected chi connectivity index (χ1v) is 6.94. The molecule has 0 aliphatic carbocycles. The molecule has 0 aromatic heterocycles. The van der Waals surface area contributed by atoms with E-state index in [2.05, 4.69) is 24.4 Å². The van der Waals surface area contributed by atoms with Crippen LogP contribution in [0.4, 0.5) is 5.69 Å². The van der Waals surface area contributed by atoms with E-state index in [4.69, 9.17) is 9.84 Å². The number of ether oxygens (including phenoxy) is 1. The van der Waals surface area contributed by atoms with Gasteiger partial charge in [0.15, 0.2) is 0 Å². The molecule has 3 nitrogen and oxygen atoms in total. The highest BCUT2D eigenvalue weighted by Crippen LogP contribution is 2.16. The molecule has 1 rings (SSSR count). The molecule has 0 aliphatic heterocycles. The lowest BCUT2D eigenvalue weighted by atomic mass is 10.2. The molecule has 0 amide bonds. The Morgan fingerprint density at radius 3 is 2.44 bits per heavy atom. The molecule has 2 N–H and O–H groups in total. The number of unbranched alkanes of at least 4 members (excludes halogenated alkanes) is 3. The van der Waals surface area contributed by atoms with Gasteiger partial charge < -0.3 is 15.2 Å². The highest BCUT2D eigenvalue weighted by molar-refractivity contribution is 5.46. The van der Waals surface area contributed by atoms with E-state index in [1.54, 1.807) is 0 Å². The van der Waals surface area contributed by atoms with Crippen LogP contribution >= 0.6 is 0 Å². The molecular weight excluding hydrogens is 226 g/mol. The Bertz CT molecular complexity index is 298. The predicted molar refractivity (Wildman–Crippen MR) is 76.3 cm³/mol. The van der Waals surface area contributed by atoms with Crippen molar-refractivity contribution in [3.63, 3.8) is 0 Å². The van der Waals surface area contributed by atoms with Crippen LogP contribution in [-0.4, -0.2) is 24.9 Å². The Morgan fingerprint density at radius 1 is 1.06 bits per heavy atom. The average Bonchev–Trinajstić information content (AvgIpc) is 2.42. The third-order valence-corrected chi connectivity index (χ3v) is 2.74. The van der Waals surface area contributed by atoms with Gasteiger partial charge in [-0.15, -0.1) is 0 Å². The third kappa shape index (κ3) is 6.50. The number of benzene rings is 1. The van der Waals surface area contributed by atoms with Crippen LogP contribution < -0.4 is 10.1 Å². The summed E-state index contributed by atoms with van der Waals surface area (Å²) < 4.78 is 5.53. The van der Waals surface area contributed by atoms with Gasteiger partial charge in [0, 0.05) is 18.8 Å². The van der Waals surface area contributed by atoms with Crippen LogP contribution in [0.5, 0.6) is 5.75 Å². The number of rotatable bonds is 10. The van der Waals surface area contributed by atoms with Crippen molar-refractivity contribution in [1.29, 1.82) is 0 Å². The van der Waals surface area contributed by atoms with Crippen LogP contribution in [0.1, 0.15) is 39.0 Å². The van der Waals surface area contributed by atoms with Gasteiger partial charge in [0.25, 0.3) is 0 Å². The van der Waals surface area contributed by atoms with E-state index in [1.807, 2.05) is 12.1 Å². The molecule has 0 saturated heterocycles. The fourth-order valence-corrected chi connectivity index (χ4v) is 1.71. The Hall–Kier alpha value is -1.22. The third-order valence-electron chi connectivity index (χ3n) is 2.74. The van der Waals surface area contributed by atoms with E-state index >= 15 is 0 Å². The summed E-state index contributed by atoms with van der Waals surface area (Å²) in [4.78, 5) is 0. The van der Waals surface area contributed by atoms with Crippen molar-refractivity contribution in [3.8, 4) is 5.75 Å². The van der Waals surface area contributed by atoms with Gasteiger partial charge in [-0.2, -0.15) is 0 Å². The van der Waals surface area contributed by atoms with E-state index in [9.17, 15) is 0 Å². The first-order valence-electron chi connectivity index (χ1n) is 6.94. The van der Waals surface area contributed by atoms with Crippen LogP contribution in [-0.2, 0) is 0 Å². The second-order valence-electron chi connectivity index (χ2n) is 4.44. The molecule has 18 heavy (non-hydrogen) atoms. The summed E-state index contributed by atoms with van der Waals surface area (Å²) in [7, 11) is 0. The van der Waals surface area contributed by atoms with Gasteiger partial charge in [0.05, 0.1) is 6.61 Å². The van der Waals surface area contributed by atoms with Gasteiger partial charge in [-0.05, 0) is 43.5 Å². The van der Waals surface area contributed by atoms with Gasteiger partial charge >= 0.3 is 0 Å². The maximum Gasteiger partial charge on any atom is 0.119 e. The summed E-state index contributed by atoms with van der Waals surface area (Å²) in [6.07, 6.45) is 5.39. The van der Waals surface area contributed by atoms with E-state index in [1.165, 1.54) is 6.42 Å². The minimum absolute atomic E-state index is 0.312. The zero-order valence-electron chi connectivity index (χ0n) is 11.3. The maximum absolute atomic E-state index is 8.66. The number of hydrogen-bond donors (Lipinski definition) is 2. The summed E-state index contributed by atoms with van der Waals surface area (Å²) in [5.74, 6) is 0.936. The van der Waals surface area contributed by atoms with Crippen molar-refractivity contribution >= 4 is 5.69 Å². The van der Waals surface area contributed by atoms with E-state index < -0.39 is 0 Å². The highest BCUT2D eigenvalue weighted by atomic mass is 16.5. The van der Waals surface area contributed by atoms with Gasteiger partial charge in [-0.1, -0.05) is 19.8 Å². The minimum Gasteiger partial charge on any atom is -0.494 e. The molecule has 0 spiro atoms. The molecule has 0 bridgehead atoms. The largest absolute Gasteiger partial charge is 0.494 e. The topological polar surface area (TPSA) is 41.5 Å². The molecular formula is C15H25NO2. The van der Waals surface area contributed by atoms with Gasteiger partial charge in [0.2, 0.25) is 0 Å². The Kier molecular flexibility index (Phi) is 8.06. The summed E-state index contributed by atoms with van der Waals surface area (Å²) in [5, 5.41) is 12.0. The SMILES string of the molecule is CCCOc1ccc(NCCCCCCO)cc1. The number of nitrogens with one attached hydrogen (secondary N) is 1. The normalized spacial score (nSPS) is 10.3. The number of anilines is 1. The standard InChI is InChI=1S/C15H25NO2/c1-2-13-18-15-9-7-14(8-10-15)16-11-5-3-4-6-12-17/h7-10,16-17H,2-6,11-13H2,1H3. The number of aliphatic hydroxyl groups is 1. The molecule has 0 radical (unpaired) electrons. The zero-order chi connectivity index (χ0) is 13.1. The molecule has 0 aliphatic rings.